The number of rotatable bonds is 6. The number of benzene rings is 1. The van der Waals surface area contributed by atoms with E-state index in [4.69, 9.17) is 9.15 Å². The Labute approximate surface area is 208 Å². The summed E-state index contributed by atoms with van der Waals surface area (Å²) in [5.41, 5.74) is 4.55. The van der Waals surface area contributed by atoms with E-state index in [-0.39, 0.29) is 17.2 Å². The maximum Gasteiger partial charge on any atom is 0.434 e. The molecule has 1 spiro atoms. The summed E-state index contributed by atoms with van der Waals surface area (Å²) < 4.78 is 40.6. The first-order valence-electron chi connectivity index (χ1n) is 12.4. The summed E-state index contributed by atoms with van der Waals surface area (Å²) >= 11 is 0. The largest absolute Gasteiger partial charge is 0.434 e. The Morgan fingerprint density at radius 1 is 1.06 bits per heavy atom. The van der Waals surface area contributed by atoms with Gasteiger partial charge < -0.3 is 9.15 Å². The molecule has 35 heavy (non-hydrogen) atoms. The monoisotopic (exact) mass is 507 g/mol. The molecule has 2 saturated heterocycles. The van der Waals surface area contributed by atoms with E-state index in [1.165, 1.54) is 0 Å². The summed E-state index contributed by atoms with van der Waals surface area (Å²) in [7, 11) is -0.450. The molecule has 9 nitrogen and oxygen atoms in total. The van der Waals surface area contributed by atoms with Crippen LogP contribution in [0.15, 0.2) is 21.3 Å². The Morgan fingerprint density at radius 3 is 2.23 bits per heavy atom. The van der Waals surface area contributed by atoms with Crippen LogP contribution >= 0.6 is 0 Å². The topological polar surface area (TPSA) is 106 Å². The lowest BCUT2D eigenvalue weighted by Gasteiger charge is -2.46. The van der Waals surface area contributed by atoms with Gasteiger partial charge in [0.05, 0.1) is 14.1 Å². The van der Waals surface area contributed by atoms with E-state index in [1.807, 2.05) is 20.8 Å². The number of aryl methyl sites for hydroxylation is 2. The van der Waals surface area contributed by atoms with E-state index in [9.17, 15) is 13.2 Å². The average molecular weight is 508 g/mol. The highest BCUT2D eigenvalue weighted by Crippen LogP contribution is 2.45. The van der Waals surface area contributed by atoms with Crippen molar-refractivity contribution in [2.75, 3.05) is 40.4 Å². The van der Waals surface area contributed by atoms with Crippen LogP contribution in [0.2, 0.25) is 0 Å². The first-order chi connectivity index (χ1) is 16.4. The normalized spacial score (nSPS) is 21.2. The van der Waals surface area contributed by atoms with E-state index >= 15 is 0 Å². The third-order valence-corrected chi connectivity index (χ3v) is 11.0. The molecule has 1 aromatic carbocycles. The molecule has 1 aromatic heterocycles. The predicted octanol–water partition coefficient (Wildman–Crippen LogP) is 3.35. The summed E-state index contributed by atoms with van der Waals surface area (Å²) in [4.78, 5) is 11.9. The molecule has 0 aliphatic carbocycles. The number of nitrogens with zero attached hydrogens (tertiary/aromatic N) is 3. The van der Waals surface area contributed by atoms with Gasteiger partial charge in [0.2, 0.25) is 0 Å². The molecular formula is C25H39N4O5S+. The number of quaternary nitrogens is 1. The highest BCUT2D eigenvalue weighted by Gasteiger charge is 2.52. The second kappa shape index (κ2) is 9.46. The van der Waals surface area contributed by atoms with Gasteiger partial charge in [-0.2, -0.15) is 16.6 Å². The van der Waals surface area contributed by atoms with Gasteiger partial charge >= 0.3 is 16.0 Å². The fraction of sp³-hybridized carbons (Fsp3) is 0.680. The zero-order valence-corrected chi connectivity index (χ0v) is 22.6. The SMILES string of the molecule is Cc1ccc(C)c(C(C)C(c2n[nH]c(=O)o2)[N+](C)(C)S(=O)(=O)N2CCC3(CCOCC3)CC2)c1C. The van der Waals surface area contributed by atoms with E-state index in [0.29, 0.717) is 13.1 Å². The van der Waals surface area contributed by atoms with Crippen LogP contribution in [0.1, 0.15) is 72.7 Å². The van der Waals surface area contributed by atoms with Gasteiger partial charge in [0.1, 0.15) is 0 Å². The molecule has 194 valence electrons. The third-order valence-electron chi connectivity index (χ3n) is 8.57. The lowest BCUT2D eigenvalue weighted by molar-refractivity contribution is -0.805. The Balaban J connectivity index is 1.72. The number of piperidine rings is 1. The van der Waals surface area contributed by atoms with E-state index in [2.05, 4.69) is 29.3 Å². The summed E-state index contributed by atoms with van der Waals surface area (Å²) in [6.45, 7) is 10.6. The number of nitrogens with one attached hydrogen (secondary N) is 1. The molecule has 2 aliphatic heterocycles. The number of likely N-dealkylation sites (N-methyl/N-ethyl adjacent to an activating group) is 1. The average Bonchev–Trinajstić information content (AvgIpc) is 3.22. The Bertz CT molecular complexity index is 1220. The molecule has 2 unspecified atom stereocenters. The number of aromatic amines is 1. The van der Waals surface area contributed by atoms with Crippen LogP contribution in [0.5, 0.6) is 0 Å². The molecule has 0 radical (unpaired) electrons. The lowest BCUT2D eigenvalue weighted by atomic mass is 9.73. The highest BCUT2D eigenvalue weighted by molar-refractivity contribution is 7.83. The molecule has 4 rings (SSSR count). The Kier molecular flexibility index (Phi) is 7.04. The van der Waals surface area contributed by atoms with E-state index in [1.54, 1.807) is 18.4 Å². The number of hydrogen-bond donors (Lipinski definition) is 1. The highest BCUT2D eigenvalue weighted by atomic mass is 32.2. The van der Waals surface area contributed by atoms with Gasteiger partial charge in [-0.15, -0.1) is 5.10 Å². The van der Waals surface area contributed by atoms with Crippen LogP contribution in [0.4, 0.5) is 0 Å². The second-order valence-corrected chi connectivity index (χ2v) is 13.2. The molecule has 2 atom stereocenters. The van der Waals surface area contributed by atoms with Crippen LogP contribution in [0, 0.1) is 26.2 Å². The minimum absolute atomic E-state index is 0.106. The van der Waals surface area contributed by atoms with Crippen molar-refractivity contribution in [3.63, 3.8) is 0 Å². The van der Waals surface area contributed by atoms with Crippen molar-refractivity contribution in [3.05, 3.63) is 50.8 Å². The van der Waals surface area contributed by atoms with Crippen LogP contribution in [-0.4, -0.2) is 67.2 Å². The molecule has 2 aliphatic rings. The van der Waals surface area contributed by atoms with Crippen molar-refractivity contribution in [1.29, 1.82) is 0 Å². The van der Waals surface area contributed by atoms with Crippen molar-refractivity contribution in [3.8, 4) is 0 Å². The summed E-state index contributed by atoms with van der Waals surface area (Å²) in [5, 5.41) is 6.46. The number of aromatic nitrogens is 2. The number of hydrogen-bond acceptors (Lipinski definition) is 6. The van der Waals surface area contributed by atoms with Crippen molar-refractivity contribution >= 4 is 10.2 Å². The van der Waals surface area contributed by atoms with Crippen LogP contribution < -0.4 is 5.76 Å². The zero-order chi connectivity index (χ0) is 25.6. The van der Waals surface area contributed by atoms with Gasteiger partial charge in [0, 0.05) is 32.2 Å². The summed E-state index contributed by atoms with van der Waals surface area (Å²) in [5.74, 6) is -0.862. The fourth-order valence-electron chi connectivity index (χ4n) is 6.15. The van der Waals surface area contributed by atoms with Crippen molar-refractivity contribution in [1.82, 2.24) is 14.5 Å². The maximum atomic E-state index is 14.2. The summed E-state index contributed by atoms with van der Waals surface area (Å²) in [6.07, 6.45) is 3.65. The molecule has 0 bridgehead atoms. The lowest BCUT2D eigenvalue weighted by Crippen LogP contribution is -2.58. The standard InChI is InChI=1S/C25H38N4O5S/c1-17-7-8-18(2)21(19(17)3)20(4)22(23-26-27-24(30)34-23)29(5,6)35(31,32)28-13-9-25(10-14-28)11-15-33-16-12-25/h7-8,20,22H,9-16H2,1-6H3/p+1. The van der Waals surface area contributed by atoms with Crippen molar-refractivity contribution in [2.45, 2.75) is 65.3 Å². The van der Waals surface area contributed by atoms with Gasteiger partial charge in [-0.25, -0.2) is 9.89 Å². The third kappa shape index (κ3) is 4.61. The van der Waals surface area contributed by atoms with Crippen LogP contribution in [0.3, 0.4) is 0 Å². The van der Waals surface area contributed by atoms with Crippen LogP contribution in [0.25, 0.3) is 0 Å². The first-order valence-corrected chi connectivity index (χ1v) is 13.8. The smallest absolute Gasteiger partial charge is 0.386 e. The molecule has 2 aromatic rings. The van der Waals surface area contributed by atoms with Gasteiger partial charge in [-0.1, -0.05) is 19.1 Å². The molecule has 1 N–H and O–H groups in total. The van der Waals surface area contributed by atoms with Crippen molar-refractivity contribution < 1.29 is 21.5 Å². The molecule has 3 heterocycles. The quantitative estimate of drug-likeness (QED) is 0.601. The Morgan fingerprint density at radius 2 is 1.66 bits per heavy atom. The Hall–Kier alpha value is -2.01. The van der Waals surface area contributed by atoms with Crippen molar-refractivity contribution in [2.24, 2.45) is 5.41 Å². The number of H-pyrrole nitrogens is 1. The van der Waals surface area contributed by atoms with Crippen LogP contribution in [-0.2, 0) is 14.9 Å². The second-order valence-electron chi connectivity index (χ2n) is 10.8. The molecule has 10 heteroatoms. The van der Waals surface area contributed by atoms with Gasteiger partial charge in [-0.3, -0.25) is 0 Å². The molecule has 0 saturated carbocycles. The van der Waals surface area contributed by atoms with Gasteiger partial charge in [0.15, 0.2) is 6.04 Å². The van der Waals surface area contributed by atoms with Gasteiger partial charge in [-0.05, 0) is 74.1 Å². The maximum absolute atomic E-state index is 14.2. The number of ether oxygens (including phenoxy) is 1. The summed E-state index contributed by atoms with van der Waals surface area (Å²) in [6, 6.07) is 3.40. The molecule has 0 amide bonds. The molecular weight excluding hydrogens is 468 g/mol. The minimum atomic E-state index is -3.82. The van der Waals surface area contributed by atoms with Gasteiger partial charge in [0.25, 0.3) is 5.89 Å². The minimum Gasteiger partial charge on any atom is -0.386 e. The fourth-order valence-corrected chi connectivity index (χ4v) is 7.95. The zero-order valence-electron chi connectivity index (χ0n) is 21.8. The van der Waals surface area contributed by atoms with E-state index in [0.717, 1.165) is 61.2 Å². The predicted molar refractivity (Wildman–Crippen MR) is 133 cm³/mol. The van der Waals surface area contributed by atoms with E-state index < -0.39 is 25.9 Å². The molecule has 2 fully saturated rings. The first kappa shape index (κ1) is 26.1.